The second-order valence-electron chi connectivity index (χ2n) is 5.49. The van der Waals surface area contributed by atoms with E-state index in [1.807, 2.05) is 12.1 Å². The van der Waals surface area contributed by atoms with Gasteiger partial charge in [-0.3, -0.25) is 0 Å². The van der Waals surface area contributed by atoms with Crippen molar-refractivity contribution in [2.24, 2.45) is 5.92 Å². The van der Waals surface area contributed by atoms with E-state index >= 15 is 0 Å². The van der Waals surface area contributed by atoms with Crippen LogP contribution in [0.3, 0.4) is 0 Å². The maximum absolute atomic E-state index is 5.43. The molecule has 4 nitrogen and oxygen atoms in total. The Morgan fingerprint density at radius 1 is 1.05 bits per heavy atom. The molecule has 20 heavy (non-hydrogen) atoms. The van der Waals surface area contributed by atoms with Crippen molar-refractivity contribution in [3.05, 3.63) is 23.8 Å². The van der Waals surface area contributed by atoms with E-state index < -0.39 is 0 Å². The summed E-state index contributed by atoms with van der Waals surface area (Å²) in [6, 6.07) is 6.36. The zero-order valence-corrected chi connectivity index (χ0v) is 13.3. The van der Waals surface area contributed by atoms with Gasteiger partial charge in [-0.25, -0.2) is 0 Å². The first-order valence-electron chi connectivity index (χ1n) is 7.22. The van der Waals surface area contributed by atoms with Crippen LogP contribution in [0.4, 0.5) is 0 Å². The average Bonchev–Trinajstić information content (AvgIpc) is 2.44. The summed E-state index contributed by atoms with van der Waals surface area (Å²) in [5.74, 6) is 2.27. The van der Waals surface area contributed by atoms with Crippen molar-refractivity contribution in [2.75, 3.05) is 27.3 Å². The second-order valence-corrected chi connectivity index (χ2v) is 5.49. The standard InChI is InChI=1S/C16H28N2O2/c1-12(2)9-17-10-13(3)18-11-14-7-6-8-15(19-4)16(14)20-5/h6-8,12-13,17-18H,9-11H2,1-5H3. The van der Waals surface area contributed by atoms with E-state index in [9.17, 15) is 0 Å². The van der Waals surface area contributed by atoms with Crippen LogP contribution in [0.15, 0.2) is 18.2 Å². The molecule has 0 fully saturated rings. The fraction of sp³-hybridized carbons (Fsp3) is 0.625. The summed E-state index contributed by atoms with van der Waals surface area (Å²) >= 11 is 0. The lowest BCUT2D eigenvalue weighted by molar-refractivity contribution is 0.349. The molecular weight excluding hydrogens is 252 g/mol. The molecule has 1 aromatic carbocycles. The number of methoxy groups -OCH3 is 2. The Morgan fingerprint density at radius 3 is 2.40 bits per heavy atom. The number of hydrogen-bond donors (Lipinski definition) is 2. The second kappa shape index (κ2) is 8.82. The maximum atomic E-state index is 5.43. The summed E-state index contributed by atoms with van der Waals surface area (Å²) in [6.45, 7) is 9.39. The zero-order valence-electron chi connectivity index (χ0n) is 13.3. The summed E-state index contributed by atoms with van der Waals surface area (Å²) in [7, 11) is 3.34. The van der Waals surface area contributed by atoms with Crippen LogP contribution < -0.4 is 20.1 Å². The third-order valence-electron chi connectivity index (χ3n) is 3.13. The number of para-hydroxylation sites is 1. The molecule has 1 aromatic rings. The first-order chi connectivity index (χ1) is 9.58. The summed E-state index contributed by atoms with van der Waals surface area (Å²) < 4.78 is 10.7. The maximum Gasteiger partial charge on any atom is 0.165 e. The molecule has 0 bridgehead atoms. The molecule has 0 spiro atoms. The van der Waals surface area contributed by atoms with Gasteiger partial charge in [-0.15, -0.1) is 0 Å². The van der Waals surface area contributed by atoms with Crippen molar-refractivity contribution in [1.82, 2.24) is 10.6 Å². The van der Waals surface area contributed by atoms with Gasteiger partial charge in [0, 0.05) is 24.7 Å². The monoisotopic (exact) mass is 280 g/mol. The van der Waals surface area contributed by atoms with Crippen LogP contribution >= 0.6 is 0 Å². The van der Waals surface area contributed by atoms with Crippen LogP contribution in [0.5, 0.6) is 11.5 Å². The third-order valence-corrected chi connectivity index (χ3v) is 3.13. The Morgan fingerprint density at radius 2 is 1.80 bits per heavy atom. The van der Waals surface area contributed by atoms with Crippen molar-refractivity contribution in [2.45, 2.75) is 33.4 Å². The van der Waals surface area contributed by atoms with Gasteiger partial charge in [0.05, 0.1) is 14.2 Å². The molecular formula is C16H28N2O2. The fourth-order valence-corrected chi connectivity index (χ4v) is 2.04. The van der Waals surface area contributed by atoms with Crippen molar-refractivity contribution in [1.29, 1.82) is 0 Å². The number of nitrogens with one attached hydrogen (secondary N) is 2. The predicted octanol–water partition coefficient (Wildman–Crippen LogP) is 2.43. The molecule has 1 unspecified atom stereocenters. The number of benzene rings is 1. The zero-order chi connectivity index (χ0) is 15.0. The van der Waals surface area contributed by atoms with Crippen molar-refractivity contribution >= 4 is 0 Å². The summed E-state index contributed by atoms with van der Waals surface area (Å²) in [6.07, 6.45) is 0. The van der Waals surface area contributed by atoms with E-state index in [0.29, 0.717) is 12.0 Å². The number of hydrogen-bond acceptors (Lipinski definition) is 4. The number of rotatable bonds is 9. The van der Waals surface area contributed by atoms with E-state index in [-0.39, 0.29) is 0 Å². The van der Waals surface area contributed by atoms with Gasteiger partial charge < -0.3 is 20.1 Å². The quantitative estimate of drug-likeness (QED) is 0.729. The Balaban J connectivity index is 2.48. The highest BCUT2D eigenvalue weighted by Gasteiger charge is 2.10. The van der Waals surface area contributed by atoms with E-state index in [1.165, 1.54) is 0 Å². The Hall–Kier alpha value is -1.26. The largest absolute Gasteiger partial charge is 0.493 e. The highest BCUT2D eigenvalue weighted by molar-refractivity contribution is 5.46. The minimum absolute atomic E-state index is 0.407. The normalized spacial score (nSPS) is 12.5. The molecule has 2 N–H and O–H groups in total. The molecule has 0 aliphatic heterocycles. The van der Waals surface area contributed by atoms with E-state index in [1.54, 1.807) is 14.2 Å². The smallest absolute Gasteiger partial charge is 0.165 e. The van der Waals surface area contributed by atoms with Crippen LogP contribution in [-0.2, 0) is 6.54 Å². The van der Waals surface area contributed by atoms with Gasteiger partial charge in [-0.1, -0.05) is 26.0 Å². The first kappa shape index (κ1) is 16.8. The molecule has 0 radical (unpaired) electrons. The van der Waals surface area contributed by atoms with Crippen LogP contribution in [-0.4, -0.2) is 33.4 Å². The summed E-state index contributed by atoms with van der Waals surface area (Å²) in [5, 5.41) is 6.95. The van der Waals surface area contributed by atoms with Crippen LogP contribution in [0.1, 0.15) is 26.3 Å². The van der Waals surface area contributed by atoms with Gasteiger partial charge >= 0.3 is 0 Å². The first-order valence-corrected chi connectivity index (χ1v) is 7.22. The van der Waals surface area contributed by atoms with Crippen LogP contribution in [0.25, 0.3) is 0 Å². The van der Waals surface area contributed by atoms with Gasteiger partial charge in [-0.05, 0) is 25.5 Å². The molecule has 0 aliphatic rings. The molecule has 114 valence electrons. The lowest BCUT2D eigenvalue weighted by Gasteiger charge is -2.18. The van der Waals surface area contributed by atoms with Gasteiger partial charge in [0.2, 0.25) is 0 Å². The molecule has 0 saturated heterocycles. The van der Waals surface area contributed by atoms with E-state index in [2.05, 4.69) is 37.5 Å². The van der Waals surface area contributed by atoms with E-state index in [0.717, 1.165) is 36.7 Å². The average molecular weight is 280 g/mol. The predicted molar refractivity (Wildman–Crippen MR) is 83.6 cm³/mol. The highest BCUT2D eigenvalue weighted by atomic mass is 16.5. The summed E-state index contributed by atoms with van der Waals surface area (Å²) in [4.78, 5) is 0. The lowest BCUT2D eigenvalue weighted by atomic mass is 10.1. The van der Waals surface area contributed by atoms with Crippen LogP contribution in [0.2, 0.25) is 0 Å². The summed E-state index contributed by atoms with van der Waals surface area (Å²) in [5.41, 5.74) is 1.11. The highest BCUT2D eigenvalue weighted by Crippen LogP contribution is 2.30. The topological polar surface area (TPSA) is 42.5 Å². The SMILES string of the molecule is COc1cccc(CNC(C)CNCC(C)C)c1OC. The van der Waals surface area contributed by atoms with Gasteiger partial charge in [0.15, 0.2) is 11.5 Å². The Labute approximate surface area is 122 Å². The van der Waals surface area contributed by atoms with Crippen LogP contribution in [0, 0.1) is 5.92 Å². The van der Waals surface area contributed by atoms with Gasteiger partial charge in [0.25, 0.3) is 0 Å². The molecule has 0 aromatic heterocycles. The van der Waals surface area contributed by atoms with Crippen molar-refractivity contribution in [3.8, 4) is 11.5 Å². The third kappa shape index (κ3) is 5.39. The molecule has 0 aliphatic carbocycles. The minimum atomic E-state index is 0.407. The Bertz CT molecular complexity index is 394. The molecule has 4 heteroatoms. The Kier molecular flexibility index (Phi) is 7.41. The molecule has 1 atom stereocenters. The molecule has 0 heterocycles. The molecule has 0 saturated carbocycles. The van der Waals surface area contributed by atoms with Gasteiger partial charge in [0.1, 0.15) is 0 Å². The molecule has 1 rings (SSSR count). The van der Waals surface area contributed by atoms with Gasteiger partial charge in [-0.2, -0.15) is 0 Å². The minimum Gasteiger partial charge on any atom is -0.493 e. The van der Waals surface area contributed by atoms with E-state index in [4.69, 9.17) is 9.47 Å². The lowest BCUT2D eigenvalue weighted by Crippen LogP contribution is -2.37. The number of ether oxygens (including phenoxy) is 2. The molecule has 0 amide bonds. The van der Waals surface area contributed by atoms with Crippen molar-refractivity contribution in [3.63, 3.8) is 0 Å². The fourth-order valence-electron chi connectivity index (χ4n) is 2.04. The van der Waals surface area contributed by atoms with Crippen molar-refractivity contribution < 1.29 is 9.47 Å².